The summed E-state index contributed by atoms with van der Waals surface area (Å²) < 4.78 is 12.3. The van der Waals surface area contributed by atoms with E-state index < -0.39 is 0 Å². The van der Waals surface area contributed by atoms with Crippen molar-refractivity contribution in [1.29, 1.82) is 0 Å². The molecule has 3 aromatic rings. The van der Waals surface area contributed by atoms with Crippen molar-refractivity contribution in [2.45, 2.75) is 13.3 Å². The van der Waals surface area contributed by atoms with E-state index in [9.17, 15) is 0 Å². The lowest BCUT2D eigenvalue weighted by Gasteiger charge is -2.14. The molecule has 0 aliphatic rings. The summed E-state index contributed by atoms with van der Waals surface area (Å²) in [7, 11) is 1.65. The number of nitrogens with zero attached hydrogens (tertiary/aromatic N) is 2. The van der Waals surface area contributed by atoms with Crippen LogP contribution in [0.5, 0.6) is 11.5 Å². The van der Waals surface area contributed by atoms with Crippen molar-refractivity contribution < 1.29 is 9.47 Å². The van der Waals surface area contributed by atoms with Gasteiger partial charge in [0.05, 0.1) is 30.1 Å². The zero-order valence-corrected chi connectivity index (χ0v) is 15.7. The Balaban J connectivity index is 1.83. The van der Waals surface area contributed by atoms with Crippen LogP contribution in [0.2, 0.25) is 0 Å². The van der Waals surface area contributed by atoms with E-state index in [0.29, 0.717) is 18.8 Å². The Morgan fingerprint density at radius 2 is 2.15 bits per heavy atom. The highest BCUT2D eigenvalue weighted by Crippen LogP contribution is 2.33. The van der Waals surface area contributed by atoms with Crippen LogP contribution in [0, 0.1) is 0 Å². The molecule has 0 bridgehead atoms. The summed E-state index contributed by atoms with van der Waals surface area (Å²) >= 11 is 1.57. The fraction of sp³-hybridized carbons (Fsp3) is 0.200. The number of ether oxygens (including phenoxy) is 2. The molecule has 1 aromatic heterocycles. The van der Waals surface area contributed by atoms with Gasteiger partial charge in [0.2, 0.25) is 5.13 Å². The molecule has 3 rings (SSSR count). The molecule has 0 unspecified atom stereocenters. The van der Waals surface area contributed by atoms with Crippen LogP contribution in [-0.4, -0.2) is 24.9 Å². The molecular formula is C20H21N3O2S. The van der Waals surface area contributed by atoms with E-state index in [2.05, 4.69) is 22.1 Å². The largest absolute Gasteiger partial charge is 0.493 e. The van der Waals surface area contributed by atoms with E-state index in [1.54, 1.807) is 24.7 Å². The second kappa shape index (κ2) is 8.49. The molecule has 0 saturated carbocycles. The lowest BCUT2D eigenvalue weighted by atomic mass is 10.1. The van der Waals surface area contributed by atoms with Gasteiger partial charge in [-0.1, -0.05) is 29.5 Å². The minimum atomic E-state index is 0.564. The second-order valence-electron chi connectivity index (χ2n) is 5.49. The van der Waals surface area contributed by atoms with Crippen molar-refractivity contribution in [3.8, 4) is 11.5 Å². The topological polar surface area (TPSA) is 55.7 Å². The number of fused-ring (bicyclic) bond motifs is 1. The lowest BCUT2D eigenvalue weighted by Crippen LogP contribution is -2.01. The highest BCUT2D eigenvalue weighted by Gasteiger charge is 2.11. The Morgan fingerprint density at radius 3 is 2.88 bits per heavy atom. The van der Waals surface area contributed by atoms with Gasteiger partial charge in [-0.2, -0.15) is 5.10 Å². The molecule has 0 aliphatic carbocycles. The zero-order chi connectivity index (χ0) is 18.4. The van der Waals surface area contributed by atoms with E-state index in [-0.39, 0.29) is 0 Å². The predicted molar refractivity (Wildman–Crippen MR) is 109 cm³/mol. The number of hydrazone groups is 1. The first-order valence-electron chi connectivity index (χ1n) is 8.34. The molecule has 1 heterocycles. The Bertz CT molecular complexity index is 901. The van der Waals surface area contributed by atoms with Crippen LogP contribution in [0.3, 0.4) is 0 Å². The number of rotatable bonds is 8. The maximum atomic E-state index is 5.71. The molecular weight excluding hydrogens is 346 g/mol. The minimum Gasteiger partial charge on any atom is -0.493 e. The number of para-hydroxylation sites is 1. The van der Waals surface area contributed by atoms with Crippen molar-refractivity contribution in [2.75, 3.05) is 19.1 Å². The molecule has 134 valence electrons. The average molecular weight is 367 g/mol. The lowest BCUT2D eigenvalue weighted by molar-refractivity contribution is 0.309. The SMILES string of the molecule is C=CCc1cc(/C=N/Nc2nc3ccccc3s2)cc(OCC)c1OC. The molecule has 0 saturated heterocycles. The molecule has 0 aliphatic heterocycles. The van der Waals surface area contributed by atoms with E-state index in [4.69, 9.17) is 9.47 Å². The van der Waals surface area contributed by atoms with Crippen LogP contribution in [0.1, 0.15) is 18.1 Å². The summed E-state index contributed by atoms with van der Waals surface area (Å²) in [5.74, 6) is 1.44. The van der Waals surface area contributed by atoms with Crippen molar-refractivity contribution in [2.24, 2.45) is 5.10 Å². The quantitative estimate of drug-likeness (QED) is 0.350. The zero-order valence-electron chi connectivity index (χ0n) is 14.9. The molecule has 6 heteroatoms. The maximum absolute atomic E-state index is 5.71. The van der Waals surface area contributed by atoms with Crippen molar-refractivity contribution in [1.82, 2.24) is 4.98 Å². The fourth-order valence-corrected chi connectivity index (χ4v) is 3.46. The van der Waals surface area contributed by atoms with Crippen LogP contribution < -0.4 is 14.9 Å². The van der Waals surface area contributed by atoms with Crippen LogP contribution >= 0.6 is 11.3 Å². The summed E-state index contributed by atoms with van der Waals surface area (Å²) in [4.78, 5) is 4.50. The normalized spacial score (nSPS) is 11.0. The summed E-state index contributed by atoms with van der Waals surface area (Å²) in [5.41, 5.74) is 5.89. The Labute approximate surface area is 157 Å². The van der Waals surface area contributed by atoms with Gasteiger partial charge in [-0.05, 0) is 43.2 Å². The Hall–Kier alpha value is -2.86. The van der Waals surface area contributed by atoms with E-state index in [0.717, 1.165) is 32.2 Å². The molecule has 2 aromatic carbocycles. The monoisotopic (exact) mass is 367 g/mol. The van der Waals surface area contributed by atoms with Crippen LogP contribution in [0.25, 0.3) is 10.2 Å². The molecule has 5 nitrogen and oxygen atoms in total. The highest BCUT2D eigenvalue weighted by atomic mass is 32.1. The van der Waals surface area contributed by atoms with Crippen molar-refractivity contribution in [3.63, 3.8) is 0 Å². The number of anilines is 1. The van der Waals surface area contributed by atoms with Gasteiger partial charge in [-0.25, -0.2) is 4.98 Å². The van der Waals surface area contributed by atoms with E-state index >= 15 is 0 Å². The van der Waals surface area contributed by atoms with Gasteiger partial charge in [0, 0.05) is 5.56 Å². The third-order valence-corrected chi connectivity index (χ3v) is 4.63. The number of methoxy groups -OCH3 is 1. The van der Waals surface area contributed by atoms with Gasteiger partial charge >= 0.3 is 0 Å². The number of benzene rings is 2. The number of hydrogen-bond acceptors (Lipinski definition) is 6. The highest BCUT2D eigenvalue weighted by molar-refractivity contribution is 7.22. The molecule has 0 amide bonds. The number of aromatic nitrogens is 1. The molecule has 26 heavy (non-hydrogen) atoms. The number of hydrogen-bond donors (Lipinski definition) is 1. The first-order chi connectivity index (χ1) is 12.7. The Morgan fingerprint density at radius 1 is 1.31 bits per heavy atom. The number of allylic oxidation sites excluding steroid dienone is 1. The molecule has 0 fully saturated rings. The van der Waals surface area contributed by atoms with Crippen LogP contribution in [-0.2, 0) is 6.42 Å². The molecule has 0 atom stereocenters. The number of thiazole rings is 1. The van der Waals surface area contributed by atoms with Crippen LogP contribution in [0.4, 0.5) is 5.13 Å². The third kappa shape index (κ3) is 4.03. The standard InChI is InChI=1S/C20H21N3O2S/c1-4-8-15-11-14(12-17(25-5-2)19(15)24-3)13-21-23-20-22-16-9-6-7-10-18(16)26-20/h4,6-7,9-13H,1,5,8H2,2-3H3,(H,22,23)/b21-13+. The van der Waals surface area contributed by atoms with E-state index in [1.807, 2.05) is 49.4 Å². The predicted octanol–water partition coefficient (Wildman–Crippen LogP) is 4.88. The minimum absolute atomic E-state index is 0.564. The van der Waals surface area contributed by atoms with Gasteiger partial charge in [0.1, 0.15) is 0 Å². The molecule has 0 radical (unpaired) electrons. The van der Waals surface area contributed by atoms with Gasteiger partial charge < -0.3 is 9.47 Å². The first-order valence-corrected chi connectivity index (χ1v) is 9.16. The third-order valence-electron chi connectivity index (χ3n) is 3.69. The first kappa shape index (κ1) is 17.9. The van der Waals surface area contributed by atoms with Gasteiger partial charge in [0.15, 0.2) is 11.5 Å². The smallest absolute Gasteiger partial charge is 0.204 e. The van der Waals surface area contributed by atoms with Gasteiger partial charge in [-0.3, -0.25) is 5.43 Å². The van der Waals surface area contributed by atoms with Gasteiger partial charge in [0.25, 0.3) is 0 Å². The van der Waals surface area contributed by atoms with Crippen molar-refractivity contribution >= 4 is 32.9 Å². The second-order valence-corrected chi connectivity index (χ2v) is 6.52. The summed E-state index contributed by atoms with van der Waals surface area (Å²) in [6.45, 7) is 6.32. The number of nitrogens with one attached hydrogen (secondary N) is 1. The molecule has 1 N–H and O–H groups in total. The Kier molecular flexibility index (Phi) is 5.86. The maximum Gasteiger partial charge on any atom is 0.204 e. The van der Waals surface area contributed by atoms with Gasteiger partial charge in [-0.15, -0.1) is 6.58 Å². The van der Waals surface area contributed by atoms with Crippen LogP contribution in [0.15, 0.2) is 54.2 Å². The summed E-state index contributed by atoms with van der Waals surface area (Å²) in [5, 5.41) is 5.07. The fourth-order valence-electron chi connectivity index (χ4n) is 2.64. The average Bonchev–Trinajstić information content (AvgIpc) is 3.05. The summed E-state index contributed by atoms with van der Waals surface area (Å²) in [6.07, 6.45) is 4.28. The summed E-state index contributed by atoms with van der Waals surface area (Å²) in [6, 6.07) is 11.9. The van der Waals surface area contributed by atoms with Crippen molar-refractivity contribution in [3.05, 3.63) is 60.2 Å². The van der Waals surface area contributed by atoms with E-state index in [1.165, 1.54) is 0 Å². The molecule has 0 spiro atoms.